The molecule has 0 aromatic heterocycles. The molecule has 0 unspecified atom stereocenters. The van der Waals surface area contributed by atoms with Crippen LogP contribution < -0.4 is 0 Å². The Balaban J connectivity index is 1.62. The maximum absolute atomic E-state index is 13.4. The van der Waals surface area contributed by atoms with Crippen LogP contribution in [0.15, 0.2) is 18.2 Å². The normalized spacial score (nSPS) is 27.5. The van der Waals surface area contributed by atoms with Crippen molar-refractivity contribution in [3.05, 3.63) is 33.8 Å². The average molecular weight is 506 g/mol. The molecular weight excluding hydrogens is 477 g/mol. The van der Waals surface area contributed by atoms with Crippen LogP contribution in [0.2, 0.25) is 10.0 Å². The van der Waals surface area contributed by atoms with E-state index >= 15 is 0 Å². The van der Waals surface area contributed by atoms with Crippen molar-refractivity contribution in [2.24, 2.45) is 0 Å². The van der Waals surface area contributed by atoms with Crippen molar-refractivity contribution in [3.8, 4) is 0 Å². The van der Waals surface area contributed by atoms with E-state index < -0.39 is 22.7 Å². The number of benzene rings is 1. The third-order valence-corrected chi connectivity index (χ3v) is 9.24. The van der Waals surface area contributed by atoms with Crippen molar-refractivity contribution in [2.75, 3.05) is 51.8 Å². The van der Waals surface area contributed by atoms with Crippen LogP contribution in [-0.2, 0) is 26.0 Å². The Morgan fingerprint density at radius 1 is 1.06 bits per heavy atom. The number of aliphatic hydroxyl groups is 1. The van der Waals surface area contributed by atoms with Crippen LogP contribution in [0.3, 0.4) is 0 Å². The predicted octanol–water partition coefficient (Wildman–Crippen LogP) is 1.23. The molecule has 3 atom stereocenters. The molecule has 3 aliphatic rings. The molecule has 3 saturated heterocycles. The second-order valence-electron chi connectivity index (χ2n) is 8.57. The zero-order chi connectivity index (χ0) is 22.9. The van der Waals surface area contributed by atoms with Crippen LogP contribution in [0.4, 0.5) is 0 Å². The van der Waals surface area contributed by atoms with Gasteiger partial charge in [-0.15, -0.1) is 0 Å². The van der Waals surface area contributed by atoms with Gasteiger partial charge in [0, 0.05) is 13.1 Å². The topological polar surface area (TPSA) is 90.4 Å². The average Bonchev–Trinajstić information content (AvgIpc) is 3.29. The number of halogens is 2. The Bertz CT molecular complexity index is 941. The number of fused-ring (bicyclic) bond motifs is 1. The molecule has 4 rings (SSSR count). The van der Waals surface area contributed by atoms with E-state index in [4.69, 9.17) is 27.9 Å². The molecule has 32 heavy (non-hydrogen) atoms. The zero-order valence-corrected chi connectivity index (χ0v) is 20.2. The highest BCUT2D eigenvalue weighted by atomic mass is 35.5. The summed E-state index contributed by atoms with van der Waals surface area (Å²) in [5.41, 5.74) is 0.765. The Morgan fingerprint density at radius 2 is 1.78 bits per heavy atom. The number of ether oxygens (including phenoxy) is 1. The van der Waals surface area contributed by atoms with Crippen LogP contribution in [0, 0.1) is 0 Å². The third-order valence-electron chi connectivity index (χ3n) is 6.63. The summed E-state index contributed by atoms with van der Waals surface area (Å²) in [7, 11) is -3.65. The van der Waals surface area contributed by atoms with Gasteiger partial charge in [0.15, 0.2) is 0 Å². The number of hydrogen-bond donors (Lipinski definition) is 1. The SMILES string of the molecule is O=C(Cc1ccc(Cl)c(Cl)c1)N1CCN(S(=O)(=O)CCO)[C@H]2COC[C@@H](N3CCCC3)[C@@H]21. The first kappa shape index (κ1) is 24.2. The van der Waals surface area contributed by atoms with Gasteiger partial charge in [-0.25, -0.2) is 8.42 Å². The number of aliphatic hydroxyl groups excluding tert-OH is 1. The van der Waals surface area contributed by atoms with E-state index in [1.54, 1.807) is 18.2 Å². The van der Waals surface area contributed by atoms with E-state index in [1.165, 1.54) is 4.31 Å². The van der Waals surface area contributed by atoms with E-state index in [9.17, 15) is 18.3 Å². The lowest BCUT2D eigenvalue weighted by molar-refractivity contribution is -0.147. The van der Waals surface area contributed by atoms with Crippen LogP contribution in [0.25, 0.3) is 0 Å². The molecule has 0 spiro atoms. The molecule has 0 bridgehead atoms. The third kappa shape index (κ3) is 4.94. The Morgan fingerprint density at radius 3 is 2.47 bits per heavy atom. The lowest BCUT2D eigenvalue weighted by atomic mass is 9.92. The van der Waals surface area contributed by atoms with E-state index in [-0.39, 0.29) is 43.3 Å². The van der Waals surface area contributed by atoms with Crippen molar-refractivity contribution >= 4 is 39.1 Å². The summed E-state index contributed by atoms with van der Waals surface area (Å²) in [6.07, 6.45) is 2.33. The van der Waals surface area contributed by atoms with Gasteiger partial charge in [-0.2, -0.15) is 4.31 Å². The summed E-state index contributed by atoms with van der Waals surface area (Å²) in [4.78, 5) is 17.6. The monoisotopic (exact) mass is 505 g/mol. The van der Waals surface area contributed by atoms with Gasteiger partial charge >= 0.3 is 0 Å². The maximum atomic E-state index is 13.4. The number of rotatable bonds is 6. The molecule has 1 amide bonds. The molecule has 11 heteroatoms. The van der Waals surface area contributed by atoms with Gasteiger partial charge < -0.3 is 14.7 Å². The number of nitrogens with zero attached hydrogens (tertiary/aromatic N) is 3. The number of sulfonamides is 1. The van der Waals surface area contributed by atoms with Crippen molar-refractivity contribution in [1.29, 1.82) is 0 Å². The fourth-order valence-corrected chi connectivity index (χ4v) is 6.89. The summed E-state index contributed by atoms with van der Waals surface area (Å²) in [6.45, 7) is 2.57. The number of carbonyl (C=O) groups is 1. The second kappa shape index (κ2) is 10.1. The smallest absolute Gasteiger partial charge is 0.227 e. The highest BCUT2D eigenvalue weighted by molar-refractivity contribution is 7.89. The van der Waals surface area contributed by atoms with Crippen LogP contribution in [0.1, 0.15) is 18.4 Å². The van der Waals surface area contributed by atoms with Crippen molar-refractivity contribution in [3.63, 3.8) is 0 Å². The molecular formula is C21H29Cl2N3O5S. The Hall–Kier alpha value is -0.940. The molecule has 0 aliphatic carbocycles. The molecule has 178 valence electrons. The molecule has 1 N–H and O–H groups in total. The highest BCUT2D eigenvalue weighted by Gasteiger charge is 2.50. The number of hydrogen-bond acceptors (Lipinski definition) is 6. The highest BCUT2D eigenvalue weighted by Crippen LogP contribution is 2.32. The quantitative estimate of drug-likeness (QED) is 0.625. The van der Waals surface area contributed by atoms with E-state index in [2.05, 4.69) is 4.90 Å². The first-order chi connectivity index (χ1) is 15.3. The van der Waals surface area contributed by atoms with Gasteiger partial charge in [-0.3, -0.25) is 9.69 Å². The summed E-state index contributed by atoms with van der Waals surface area (Å²) in [6, 6.07) is 4.31. The van der Waals surface area contributed by atoms with E-state index in [1.807, 2.05) is 4.90 Å². The maximum Gasteiger partial charge on any atom is 0.227 e. The number of amides is 1. The lowest BCUT2D eigenvalue weighted by Gasteiger charge is -2.53. The van der Waals surface area contributed by atoms with Gasteiger partial charge in [0.1, 0.15) is 0 Å². The first-order valence-electron chi connectivity index (χ1n) is 11.0. The lowest BCUT2D eigenvalue weighted by Crippen LogP contribution is -2.72. The van der Waals surface area contributed by atoms with Crippen LogP contribution >= 0.6 is 23.2 Å². The number of likely N-dealkylation sites (tertiary alicyclic amines) is 1. The molecule has 1 aromatic carbocycles. The molecule has 0 radical (unpaired) electrons. The van der Waals surface area contributed by atoms with Gasteiger partial charge in [-0.1, -0.05) is 29.3 Å². The van der Waals surface area contributed by atoms with Crippen LogP contribution in [0.5, 0.6) is 0 Å². The largest absolute Gasteiger partial charge is 0.395 e. The van der Waals surface area contributed by atoms with Crippen LogP contribution in [-0.4, -0.2) is 103 Å². The summed E-state index contributed by atoms with van der Waals surface area (Å²) >= 11 is 12.1. The van der Waals surface area contributed by atoms with E-state index in [0.29, 0.717) is 23.2 Å². The standard InChI is InChI=1S/C21H29Cl2N3O5S/c22-16-4-3-15(11-17(16)23)12-20(28)25-7-8-26(32(29,30)10-9-27)19-14-31-13-18(21(19)25)24-5-1-2-6-24/h3-4,11,18-19,21,27H,1-2,5-10,12-14H2/t18-,19+,21+/m1/s1. The minimum absolute atomic E-state index is 0.0660. The van der Waals surface area contributed by atoms with Crippen molar-refractivity contribution in [1.82, 2.24) is 14.1 Å². The molecule has 3 fully saturated rings. The fraction of sp³-hybridized carbons (Fsp3) is 0.667. The van der Waals surface area contributed by atoms with Gasteiger partial charge in [0.05, 0.1) is 60.2 Å². The Labute approximate surface area is 199 Å². The fourth-order valence-electron chi connectivity index (χ4n) is 5.14. The molecule has 3 aliphatic heterocycles. The molecule has 3 heterocycles. The Kier molecular flexibility index (Phi) is 7.66. The zero-order valence-electron chi connectivity index (χ0n) is 17.8. The first-order valence-corrected chi connectivity index (χ1v) is 13.3. The number of carbonyl (C=O) groups excluding carboxylic acids is 1. The van der Waals surface area contributed by atoms with E-state index in [0.717, 1.165) is 31.5 Å². The van der Waals surface area contributed by atoms with Gasteiger partial charge in [-0.05, 0) is 43.6 Å². The minimum atomic E-state index is -3.65. The number of piperazine rings is 1. The van der Waals surface area contributed by atoms with Crippen molar-refractivity contribution in [2.45, 2.75) is 37.4 Å². The molecule has 0 saturated carbocycles. The minimum Gasteiger partial charge on any atom is -0.395 e. The van der Waals surface area contributed by atoms with Gasteiger partial charge in [0.25, 0.3) is 0 Å². The van der Waals surface area contributed by atoms with Crippen molar-refractivity contribution < 1.29 is 23.1 Å². The molecule has 1 aromatic rings. The second-order valence-corrected chi connectivity index (χ2v) is 11.4. The molecule has 8 nitrogen and oxygen atoms in total. The summed E-state index contributed by atoms with van der Waals surface area (Å²) in [5.74, 6) is -0.398. The summed E-state index contributed by atoms with van der Waals surface area (Å²) < 4.78 is 33.0. The van der Waals surface area contributed by atoms with Gasteiger partial charge in [0.2, 0.25) is 15.9 Å². The summed E-state index contributed by atoms with van der Waals surface area (Å²) in [5, 5.41) is 10.1. The predicted molar refractivity (Wildman–Crippen MR) is 122 cm³/mol.